The van der Waals surface area contributed by atoms with Gasteiger partial charge in [-0.1, -0.05) is 18.5 Å². The number of nitrogens with one attached hydrogen (secondary N) is 1. The first-order valence-corrected chi connectivity index (χ1v) is 8.43. The van der Waals surface area contributed by atoms with E-state index in [9.17, 15) is 9.90 Å². The molecule has 2 unspecified atom stereocenters. The lowest BCUT2D eigenvalue weighted by molar-refractivity contribution is -0.121. The van der Waals surface area contributed by atoms with E-state index in [4.69, 9.17) is 4.52 Å². The second kappa shape index (κ2) is 8.88. The molecule has 0 radical (unpaired) electrons. The molecule has 2 rings (SSSR count). The molecule has 6 heteroatoms. The smallest absolute Gasteiger partial charge is 0.226 e. The van der Waals surface area contributed by atoms with E-state index in [1.165, 1.54) is 0 Å². The molecule has 2 N–H and O–H groups in total. The molecule has 1 aliphatic rings. The summed E-state index contributed by atoms with van der Waals surface area (Å²) < 4.78 is 5.15. The molecule has 1 saturated carbocycles. The van der Waals surface area contributed by atoms with E-state index in [0.29, 0.717) is 37.6 Å². The van der Waals surface area contributed by atoms with Crippen molar-refractivity contribution in [3.05, 3.63) is 11.7 Å². The lowest BCUT2D eigenvalue weighted by atomic mass is 9.87. The second-order valence-electron chi connectivity index (χ2n) is 6.20. The average Bonchev–Trinajstić information content (AvgIpc) is 2.93. The maximum Gasteiger partial charge on any atom is 0.226 e. The third-order valence-electron chi connectivity index (χ3n) is 4.12. The van der Waals surface area contributed by atoms with E-state index >= 15 is 0 Å². The first kappa shape index (κ1) is 16.9. The van der Waals surface area contributed by atoms with Crippen molar-refractivity contribution >= 4 is 5.91 Å². The zero-order chi connectivity index (χ0) is 15.8. The van der Waals surface area contributed by atoms with Gasteiger partial charge >= 0.3 is 0 Å². The van der Waals surface area contributed by atoms with Gasteiger partial charge in [0, 0.05) is 25.8 Å². The van der Waals surface area contributed by atoms with E-state index in [0.717, 1.165) is 44.3 Å². The number of aromatic nitrogens is 2. The molecular formula is C16H27N3O3. The van der Waals surface area contributed by atoms with Gasteiger partial charge in [-0.25, -0.2) is 0 Å². The van der Waals surface area contributed by atoms with Crippen LogP contribution in [-0.2, 0) is 17.6 Å². The Morgan fingerprint density at radius 2 is 2.27 bits per heavy atom. The maximum absolute atomic E-state index is 11.8. The number of hydrogen-bond donors (Lipinski definition) is 2. The molecule has 1 fully saturated rings. The van der Waals surface area contributed by atoms with Crippen molar-refractivity contribution in [2.45, 2.75) is 70.8 Å². The van der Waals surface area contributed by atoms with Gasteiger partial charge in [0.2, 0.25) is 11.8 Å². The second-order valence-corrected chi connectivity index (χ2v) is 6.20. The van der Waals surface area contributed by atoms with Crippen LogP contribution in [0.25, 0.3) is 0 Å². The number of aliphatic hydroxyl groups excluding tert-OH is 1. The van der Waals surface area contributed by atoms with Crippen molar-refractivity contribution in [2.75, 3.05) is 6.54 Å². The normalized spacial score (nSPS) is 21.7. The highest BCUT2D eigenvalue weighted by atomic mass is 16.5. The van der Waals surface area contributed by atoms with Crippen LogP contribution in [0.4, 0.5) is 0 Å². The Labute approximate surface area is 131 Å². The van der Waals surface area contributed by atoms with Crippen molar-refractivity contribution in [1.82, 2.24) is 15.5 Å². The number of amides is 1. The minimum atomic E-state index is -0.189. The molecule has 1 heterocycles. The zero-order valence-electron chi connectivity index (χ0n) is 13.4. The number of carbonyl (C=O) groups excluding carboxylic acids is 1. The standard InChI is InChI=1S/C16H27N3O3/c1-2-5-14-18-16(22-19-14)9-4-8-15(21)17-11-12-6-3-7-13(20)10-12/h12-13,20H,2-11H2,1H3,(H,17,21). The summed E-state index contributed by atoms with van der Waals surface area (Å²) in [5, 5.41) is 16.5. The van der Waals surface area contributed by atoms with Crippen LogP contribution in [0.2, 0.25) is 0 Å². The molecule has 1 aromatic heterocycles. The first-order chi connectivity index (χ1) is 10.7. The molecule has 1 aromatic rings. The Balaban J connectivity index is 1.59. The van der Waals surface area contributed by atoms with Crippen LogP contribution in [0.15, 0.2) is 4.52 Å². The summed E-state index contributed by atoms with van der Waals surface area (Å²) in [6.45, 7) is 2.75. The number of nitrogens with zero attached hydrogens (tertiary/aromatic N) is 2. The molecule has 2 atom stereocenters. The monoisotopic (exact) mass is 309 g/mol. The molecule has 0 bridgehead atoms. The summed E-state index contributed by atoms with van der Waals surface area (Å²) >= 11 is 0. The Morgan fingerprint density at radius 3 is 3.05 bits per heavy atom. The highest BCUT2D eigenvalue weighted by Crippen LogP contribution is 2.23. The van der Waals surface area contributed by atoms with E-state index in [2.05, 4.69) is 22.4 Å². The van der Waals surface area contributed by atoms with Crippen molar-refractivity contribution < 1.29 is 14.4 Å². The Morgan fingerprint density at radius 1 is 1.41 bits per heavy atom. The molecule has 6 nitrogen and oxygen atoms in total. The lowest BCUT2D eigenvalue weighted by Crippen LogP contribution is -2.32. The van der Waals surface area contributed by atoms with Crippen LogP contribution >= 0.6 is 0 Å². The van der Waals surface area contributed by atoms with E-state index in [1.807, 2.05) is 0 Å². The average molecular weight is 309 g/mol. The van der Waals surface area contributed by atoms with Crippen molar-refractivity contribution in [2.24, 2.45) is 5.92 Å². The Bertz CT molecular complexity index is 461. The predicted molar refractivity (Wildman–Crippen MR) is 82.2 cm³/mol. The molecule has 0 spiro atoms. The molecule has 22 heavy (non-hydrogen) atoms. The van der Waals surface area contributed by atoms with Crippen LogP contribution < -0.4 is 5.32 Å². The van der Waals surface area contributed by atoms with Crippen molar-refractivity contribution in [1.29, 1.82) is 0 Å². The minimum absolute atomic E-state index is 0.0633. The molecule has 1 aliphatic carbocycles. The molecule has 0 saturated heterocycles. The largest absolute Gasteiger partial charge is 0.393 e. The van der Waals surface area contributed by atoms with Crippen LogP contribution in [0, 0.1) is 5.92 Å². The van der Waals surface area contributed by atoms with Gasteiger partial charge in [-0.3, -0.25) is 4.79 Å². The fourth-order valence-electron chi connectivity index (χ4n) is 2.91. The van der Waals surface area contributed by atoms with Gasteiger partial charge in [0.25, 0.3) is 0 Å². The summed E-state index contributed by atoms with van der Waals surface area (Å²) in [5.41, 5.74) is 0. The molecule has 124 valence electrons. The third kappa shape index (κ3) is 5.75. The first-order valence-electron chi connectivity index (χ1n) is 8.43. The van der Waals surface area contributed by atoms with Crippen LogP contribution in [-0.4, -0.2) is 33.8 Å². The van der Waals surface area contributed by atoms with Gasteiger partial charge in [0.1, 0.15) is 0 Å². The van der Waals surface area contributed by atoms with E-state index in [1.54, 1.807) is 0 Å². The number of carbonyl (C=O) groups is 1. The topological polar surface area (TPSA) is 88.2 Å². The fourth-order valence-corrected chi connectivity index (χ4v) is 2.91. The quantitative estimate of drug-likeness (QED) is 0.767. The van der Waals surface area contributed by atoms with Gasteiger partial charge < -0.3 is 14.9 Å². The molecule has 0 aliphatic heterocycles. The SMILES string of the molecule is CCCc1noc(CCCC(=O)NCC2CCCC(O)C2)n1. The zero-order valence-corrected chi connectivity index (χ0v) is 13.4. The van der Waals surface area contributed by atoms with Gasteiger partial charge in [0.05, 0.1) is 6.10 Å². The number of rotatable bonds is 8. The van der Waals surface area contributed by atoms with Crippen molar-refractivity contribution in [3.63, 3.8) is 0 Å². The summed E-state index contributed by atoms with van der Waals surface area (Å²) in [7, 11) is 0. The van der Waals surface area contributed by atoms with E-state index < -0.39 is 0 Å². The minimum Gasteiger partial charge on any atom is -0.393 e. The summed E-state index contributed by atoms with van der Waals surface area (Å²) in [6, 6.07) is 0. The summed E-state index contributed by atoms with van der Waals surface area (Å²) in [5.74, 6) is 1.85. The fraction of sp³-hybridized carbons (Fsp3) is 0.812. The number of aliphatic hydroxyl groups is 1. The number of aryl methyl sites for hydroxylation is 2. The van der Waals surface area contributed by atoms with Gasteiger partial charge in [-0.05, 0) is 38.0 Å². The van der Waals surface area contributed by atoms with Crippen molar-refractivity contribution in [3.8, 4) is 0 Å². The summed E-state index contributed by atoms with van der Waals surface area (Å²) in [6.07, 6.45) is 7.33. The van der Waals surface area contributed by atoms with E-state index in [-0.39, 0.29) is 12.0 Å². The predicted octanol–water partition coefficient (Wildman–Crippen LogP) is 2.01. The lowest BCUT2D eigenvalue weighted by Gasteiger charge is -2.25. The van der Waals surface area contributed by atoms with Crippen LogP contribution in [0.1, 0.15) is 63.6 Å². The Kier molecular flexibility index (Phi) is 6.83. The van der Waals surface area contributed by atoms with Crippen LogP contribution in [0.3, 0.4) is 0 Å². The van der Waals surface area contributed by atoms with Crippen LogP contribution in [0.5, 0.6) is 0 Å². The summed E-state index contributed by atoms with van der Waals surface area (Å²) in [4.78, 5) is 16.1. The number of hydrogen-bond acceptors (Lipinski definition) is 5. The highest BCUT2D eigenvalue weighted by Gasteiger charge is 2.20. The maximum atomic E-state index is 11.8. The molecule has 0 aromatic carbocycles. The molecular weight excluding hydrogens is 282 g/mol. The van der Waals surface area contributed by atoms with Gasteiger partial charge in [-0.2, -0.15) is 4.98 Å². The third-order valence-corrected chi connectivity index (χ3v) is 4.12. The highest BCUT2D eigenvalue weighted by molar-refractivity contribution is 5.75. The van der Waals surface area contributed by atoms with Gasteiger partial charge in [0.15, 0.2) is 5.82 Å². The molecule has 1 amide bonds. The Hall–Kier alpha value is -1.43. The van der Waals surface area contributed by atoms with Gasteiger partial charge in [-0.15, -0.1) is 0 Å².